The lowest BCUT2D eigenvalue weighted by Crippen LogP contribution is -2.25. The van der Waals surface area contributed by atoms with E-state index in [1.807, 2.05) is 26.1 Å². The first-order chi connectivity index (χ1) is 8.92. The van der Waals surface area contributed by atoms with E-state index < -0.39 is 5.60 Å². The van der Waals surface area contributed by atoms with E-state index in [1.165, 1.54) is 0 Å². The Morgan fingerprint density at radius 3 is 2.74 bits per heavy atom. The molecule has 4 nitrogen and oxygen atoms in total. The van der Waals surface area contributed by atoms with Crippen molar-refractivity contribution in [2.24, 2.45) is 7.05 Å². The smallest absolute Gasteiger partial charge is 0.0991 e. The average Bonchev–Trinajstić information content (AvgIpc) is 2.67. The number of aryl methyl sites for hydroxylation is 2. The van der Waals surface area contributed by atoms with Crippen molar-refractivity contribution in [3.8, 4) is 6.07 Å². The molecule has 0 spiro atoms. The Bertz CT molecular complexity index is 635. The van der Waals surface area contributed by atoms with Crippen LogP contribution in [0.25, 0.3) is 0 Å². The van der Waals surface area contributed by atoms with E-state index in [-0.39, 0.29) is 0 Å². The molecule has 0 saturated heterocycles. The zero-order valence-corrected chi connectivity index (χ0v) is 11.4. The normalized spacial score (nSPS) is 13.8. The second-order valence-corrected chi connectivity index (χ2v) is 5.04. The quantitative estimate of drug-likeness (QED) is 0.913. The largest absolute Gasteiger partial charge is 0.385 e. The summed E-state index contributed by atoms with van der Waals surface area (Å²) in [6.45, 7) is 3.68. The minimum absolute atomic E-state index is 0.458. The third-order valence-corrected chi connectivity index (χ3v) is 3.24. The topological polar surface area (TPSA) is 61.8 Å². The van der Waals surface area contributed by atoms with Crippen molar-refractivity contribution in [1.82, 2.24) is 9.78 Å². The molecule has 98 valence electrons. The number of aliphatic hydroxyl groups is 1. The van der Waals surface area contributed by atoms with Crippen molar-refractivity contribution in [2.75, 3.05) is 0 Å². The molecule has 0 amide bonds. The van der Waals surface area contributed by atoms with Crippen molar-refractivity contribution in [3.05, 3.63) is 52.8 Å². The molecule has 1 aromatic carbocycles. The predicted molar refractivity (Wildman–Crippen MR) is 72.4 cm³/mol. The Balaban J connectivity index is 2.32. The van der Waals surface area contributed by atoms with Crippen molar-refractivity contribution in [3.63, 3.8) is 0 Å². The molecule has 0 fully saturated rings. The Labute approximate surface area is 112 Å². The number of rotatable bonds is 3. The van der Waals surface area contributed by atoms with Crippen LogP contribution in [0.5, 0.6) is 0 Å². The minimum atomic E-state index is -1.02. The number of aromatic nitrogens is 2. The van der Waals surface area contributed by atoms with E-state index >= 15 is 0 Å². The molecular weight excluding hydrogens is 238 g/mol. The summed E-state index contributed by atoms with van der Waals surface area (Å²) >= 11 is 0. The van der Waals surface area contributed by atoms with Crippen LogP contribution in [0.2, 0.25) is 0 Å². The molecule has 1 atom stereocenters. The van der Waals surface area contributed by atoms with E-state index in [0.29, 0.717) is 12.0 Å². The molecule has 1 N–H and O–H groups in total. The Morgan fingerprint density at radius 2 is 2.16 bits per heavy atom. The molecule has 1 unspecified atom stereocenters. The van der Waals surface area contributed by atoms with Crippen LogP contribution in [0.4, 0.5) is 0 Å². The van der Waals surface area contributed by atoms with Gasteiger partial charge < -0.3 is 5.11 Å². The van der Waals surface area contributed by atoms with Crippen LogP contribution in [-0.2, 0) is 19.1 Å². The summed E-state index contributed by atoms with van der Waals surface area (Å²) in [4.78, 5) is 0. The van der Waals surface area contributed by atoms with Crippen molar-refractivity contribution in [1.29, 1.82) is 5.26 Å². The molecule has 19 heavy (non-hydrogen) atoms. The minimum Gasteiger partial charge on any atom is -0.385 e. The van der Waals surface area contributed by atoms with Crippen LogP contribution >= 0.6 is 0 Å². The van der Waals surface area contributed by atoms with Gasteiger partial charge >= 0.3 is 0 Å². The molecule has 0 aliphatic rings. The van der Waals surface area contributed by atoms with Crippen LogP contribution in [0.3, 0.4) is 0 Å². The summed E-state index contributed by atoms with van der Waals surface area (Å²) in [5.74, 6) is 0. The Hall–Kier alpha value is -2.12. The lowest BCUT2D eigenvalue weighted by molar-refractivity contribution is 0.0556. The van der Waals surface area contributed by atoms with Gasteiger partial charge in [0, 0.05) is 19.2 Å². The van der Waals surface area contributed by atoms with Crippen LogP contribution in [0.15, 0.2) is 30.3 Å². The molecular formula is C15H17N3O. The van der Waals surface area contributed by atoms with E-state index in [9.17, 15) is 5.11 Å². The van der Waals surface area contributed by atoms with Gasteiger partial charge in [0.05, 0.1) is 22.9 Å². The zero-order valence-electron chi connectivity index (χ0n) is 11.4. The van der Waals surface area contributed by atoms with Gasteiger partial charge in [-0.25, -0.2) is 0 Å². The van der Waals surface area contributed by atoms with Gasteiger partial charge in [-0.1, -0.05) is 12.1 Å². The van der Waals surface area contributed by atoms with Gasteiger partial charge in [-0.3, -0.25) is 4.68 Å². The fraction of sp³-hybridized carbons (Fsp3) is 0.333. The molecule has 0 aliphatic heterocycles. The lowest BCUT2D eigenvalue weighted by Gasteiger charge is -2.24. The Kier molecular flexibility index (Phi) is 3.41. The molecule has 1 heterocycles. The van der Waals surface area contributed by atoms with Gasteiger partial charge in [0.25, 0.3) is 0 Å². The summed E-state index contributed by atoms with van der Waals surface area (Å²) in [6, 6.07) is 11.1. The highest BCUT2D eigenvalue weighted by atomic mass is 16.3. The molecule has 4 heteroatoms. The second kappa shape index (κ2) is 4.87. The first-order valence-corrected chi connectivity index (χ1v) is 6.15. The molecule has 0 radical (unpaired) electrons. The number of nitrogens with zero attached hydrogens (tertiary/aromatic N) is 3. The summed E-state index contributed by atoms with van der Waals surface area (Å²) in [6.07, 6.45) is 0.458. The molecule has 2 aromatic rings. The number of hydrogen-bond acceptors (Lipinski definition) is 3. The maximum absolute atomic E-state index is 10.6. The van der Waals surface area contributed by atoms with Crippen molar-refractivity contribution in [2.45, 2.75) is 25.9 Å². The molecule has 2 rings (SSSR count). The van der Waals surface area contributed by atoms with Gasteiger partial charge in [0.1, 0.15) is 0 Å². The van der Waals surface area contributed by atoms with Gasteiger partial charge in [0.15, 0.2) is 0 Å². The predicted octanol–water partition coefficient (Wildman–Crippen LogP) is 2.05. The van der Waals surface area contributed by atoms with Crippen molar-refractivity contribution < 1.29 is 5.11 Å². The highest BCUT2D eigenvalue weighted by Gasteiger charge is 2.25. The zero-order chi connectivity index (χ0) is 14.0. The first kappa shape index (κ1) is 13.3. The third-order valence-electron chi connectivity index (χ3n) is 3.24. The third kappa shape index (κ3) is 2.83. The summed E-state index contributed by atoms with van der Waals surface area (Å²) in [5.41, 5.74) is 2.17. The van der Waals surface area contributed by atoms with Crippen LogP contribution in [0.1, 0.15) is 29.4 Å². The van der Waals surface area contributed by atoms with Crippen molar-refractivity contribution >= 4 is 0 Å². The number of benzene rings is 1. The monoisotopic (exact) mass is 255 g/mol. The number of nitriles is 1. The van der Waals surface area contributed by atoms with Gasteiger partial charge in [-0.05, 0) is 37.6 Å². The molecule has 0 bridgehead atoms. The van der Waals surface area contributed by atoms with E-state index in [1.54, 1.807) is 29.8 Å². The molecule has 0 saturated carbocycles. The fourth-order valence-corrected chi connectivity index (χ4v) is 2.21. The maximum atomic E-state index is 10.6. The number of hydrogen-bond donors (Lipinski definition) is 1. The first-order valence-electron chi connectivity index (χ1n) is 6.15. The summed E-state index contributed by atoms with van der Waals surface area (Å²) in [7, 11) is 1.87. The molecule has 1 aromatic heterocycles. The summed E-state index contributed by atoms with van der Waals surface area (Å²) in [5, 5.41) is 23.8. The SMILES string of the molecule is Cc1cc(CC(C)(O)c2cccc(C#N)c2)n(C)n1. The highest BCUT2D eigenvalue weighted by molar-refractivity contribution is 5.36. The second-order valence-electron chi connectivity index (χ2n) is 5.04. The lowest BCUT2D eigenvalue weighted by atomic mass is 9.90. The van der Waals surface area contributed by atoms with Crippen LogP contribution in [-0.4, -0.2) is 14.9 Å². The fourth-order valence-electron chi connectivity index (χ4n) is 2.21. The maximum Gasteiger partial charge on any atom is 0.0991 e. The van der Waals surface area contributed by atoms with Crippen LogP contribution < -0.4 is 0 Å². The standard InChI is InChI=1S/C15H17N3O/c1-11-7-14(18(3)17-11)9-15(2,19)13-6-4-5-12(8-13)10-16/h4-8,19H,9H2,1-3H3. The van der Waals surface area contributed by atoms with Crippen LogP contribution in [0, 0.1) is 18.3 Å². The van der Waals surface area contributed by atoms with E-state index in [2.05, 4.69) is 11.2 Å². The van der Waals surface area contributed by atoms with E-state index in [4.69, 9.17) is 5.26 Å². The van der Waals surface area contributed by atoms with Gasteiger partial charge in [-0.15, -0.1) is 0 Å². The summed E-state index contributed by atoms with van der Waals surface area (Å²) < 4.78 is 1.78. The highest BCUT2D eigenvalue weighted by Crippen LogP contribution is 2.26. The van der Waals surface area contributed by atoms with Gasteiger partial charge in [0.2, 0.25) is 0 Å². The Morgan fingerprint density at radius 1 is 1.42 bits per heavy atom. The average molecular weight is 255 g/mol. The van der Waals surface area contributed by atoms with E-state index in [0.717, 1.165) is 17.0 Å². The van der Waals surface area contributed by atoms with Gasteiger partial charge in [-0.2, -0.15) is 10.4 Å². The molecule has 0 aliphatic carbocycles.